The van der Waals surface area contributed by atoms with Crippen LogP contribution in [0.1, 0.15) is 23.2 Å². The van der Waals surface area contributed by atoms with E-state index in [1.807, 2.05) is 0 Å². The van der Waals surface area contributed by atoms with Crippen LogP contribution in [0.15, 0.2) is 24.3 Å². The number of hydrogen-bond acceptors (Lipinski definition) is 3. The molecule has 0 aromatic heterocycles. The zero-order chi connectivity index (χ0) is 14.5. The monoisotopic (exact) mass is 278 g/mol. The van der Waals surface area contributed by atoms with Crippen LogP contribution in [-0.4, -0.2) is 46.8 Å². The van der Waals surface area contributed by atoms with Crippen molar-refractivity contribution >= 4 is 17.7 Å². The van der Waals surface area contributed by atoms with Crippen LogP contribution in [0.3, 0.4) is 0 Å². The number of carboxylic acid groups (broad SMARTS) is 1. The van der Waals surface area contributed by atoms with Crippen LogP contribution in [0.4, 0.5) is 10.5 Å². The third kappa shape index (κ3) is 3.48. The molecule has 0 spiro atoms. The van der Waals surface area contributed by atoms with E-state index in [1.165, 1.54) is 12.1 Å². The number of carbonyl (C=O) groups excluding carboxylic acids is 1. The number of rotatable bonds is 4. The fourth-order valence-corrected chi connectivity index (χ4v) is 2.37. The second-order valence-corrected chi connectivity index (χ2v) is 4.93. The lowest BCUT2D eigenvalue weighted by Crippen LogP contribution is -2.33. The summed E-state index contributed by atoms with van der Waals surface area (Å²) in [6.07, 6.45) is 1.60. The van der Waals surface area contributed by atoms with Crippen molar-refractivity contribution in [3.63, 3.8) is 0 Å². The average Bonchev–Trinajstić information content (AvgIpc) is 2.88. The van der Waals surface area contributed by atoms with E-state index < -0.39 is 5.97 Å². The summed E-state index contributed by atoms with van der Waals surface area (Å²) < 4.78 is 0. The number of anilines is 1. The SMILES string of the molecule is O=C(O)c1cccc(NC(=O)N2CCC(CCO)C2)c1. The Kier molecular flexibility index (Phi) is 4.57. The molecule has 1 aromatic carbocycles. The van der Waals surface area contributed by atoms with Crippen molar-refractivity contribution in [2.24, 2.45) is 5.92 Å². The molecule has 0 aliphatic carbocycles. The van der Waals surface area contributed by atoms with Gasteiger partial charge in [-0.15, -0.1) is 0 Å². The molecule has 0 saturated carbocycles. The summed E-state index contributed by atoms with van der Waals surface area (Å²) in [5.74, 6) is -0.679. The smallest absolute Gasteiger partial charge is 0.335 e. The van der Waals surface area contributed by atoms with E-state index in [9.17, 15) is 9.59 Å². The molecule has 6 nitrogen and oxygen atoms in total. The van der Waals surface area contributed by atoms with Gasteiger partial charge < -0.3 is 20.4 Å². The third-order valence-corrected chi connectivity index (χ3v) is 3.47. The molecule has 2 rings (SSSR count). The lowest BCUT2D eigenvalue weighted by molar-refractivity contribution is 0.0697. The Bertz CT molecular complexity index is 504. The van der Waals surface area contributed by atoms with Crippen LogP contribution in [0.25, 0.3) is 0 Å². The van der Waals surface area contributed by atoms with Gasteiger partial charge >= 0.3 is 12.0 Å². The van der Waals surface area contributed by atoms with E-state index in [4.69, 9.17) is 10.2 Å². The second kappa shape index (κ2) is 6.38. The number of hydrogen-bond donors (Lipinski definition) is 3. The molecule has 2 amide bonds. The van der Waals surface area contributed by atoms with E-state index in [0.29, 0.717) is 31.1 Å². The van der Waals surface area contributed by atoms with Gasteiger partial charge in [-0.2, -0.15) is 0 Å². The topological polar surface area (TPSA) is 89.9 Å². The molecular formula is C14H18N2O4. The number of carbonyl (C=O) groups is 2. The Labute approximate surface area is 117 Å². The van der Waals surface area contributed by atoms with Gasteiger partial charge in [0.2, 0.25) is 0 Å². The summed E-state index contributed by atoms with van der Waals surface area (Å²) in [5.41, 5.74) is 0.614. The zero-order valence-electron chi connectivity index (χ0n) is 11.1. The number of urea groups is 1. The summed E-state index contributed by atoms with van der Waals surface area (Å²) in [6.45, 7) is 1.43. The van der Waals surface area contributed by atoms with Crippen LogP contribution in [0.5, 0.6) is 0 Å². The van der Waals surface area contributed by atoms with Crippen molar-refractivity contribution in [2.45, 2.75) is 12.8 Å². The van der Waals surface area contributed by atoms with E-state index in [-0.39, 0.29) is 18.2 Å². The van der Waals surface area contributed by atoms with Crippen molar-refractivity contribution in [1.29, 1.82) is 0 Å². The molecule has 0 radical (unpaired) electrons. The highest BCUT2D eigenvalue weighted by atomic mass is 16.4. The minimum absolute atomic E-state index is 0.140. The number of nitrogens with one attached hydrogen (secondary N) is 1. The summed E-state index contributed by atoms with van der Waals surface area (Å²) in [7, 11) is 0. The quantitative estimate of drug-likeness (QED) is 0.780. The van der Waals surface area contributed by atoms with Crippen LogP contribution < -0.4 is 5.32 Å². The molecule has 1 fully saturated rings. The van der Waals surface area contributed by atoms with Gasteiger partial charge in [0.1, 0.15) is 0 Å². The standard InChI is InChI=1S/C14H18N2O4/c17-7-5-10-4-6-16(9-10)14(20)15-12-3-1-2-11(8-12)13(18)19/h1-3,8,10,17H,4-7,9H2,(H,15,20)(H,18,19). The van der Waals surface area contributed by atoms with Crippen molar-refractivity contribution in [1.82, 2.24) is 4.90 Å². The third-order valence-electron chi connectivity index (χ3n) is 3.47. The highest BCUT2D eigenvalue weighted by molar-refractivity contribution is 5.93. The lowest BCUT2D eigenvalue weighted by Gasteiger charge is -2.17. The fraction of sp³-hybridized carbons (Fsp3) is 0.429. The van der Waals surface area contributed by atoms with Crippen LogP contribution in [0.2, 0.25) is 0 Å². The fourth-order valence-electron chi connectivity index (χ4n) is 2.37. The molecule has 1 aromatic rings. The summed E-state index contributed by atoms with van der Waals surface area (Å²) in [5, 5.41) is 20.5. The van der Waals surface area contributed by atoms with Gasteiger partial charge in [0.05, 0.1) is 5.56 Å². The zero-order valence-corrected chi connectivity index (χ0v) is 11.1. The van der Waals surface area contributed by atoms with E-state index >= 15 is 0 Å². The predicted octanol–water partition coefficient (Wildman–Crippen LogP) is 1.62. The molecule has 108 valence electrons. The van der Waals surface area contributed by atoms with Gasteiger partial charge in [-0.05, 0) is 37.0 Å². The normalized spacial score (nSPS) is 18.1. The maximum Gasteiger partial charge on any atom is 0.335 e. The molecular weight excluding hydrogens is 260 g/mol. The van der Waals surface area contributed by atoms with Crippen molar-refractivity contribution in [2.75, 3.05) is 25.0 Å². The molecule has 1 aliphatic heterocycles. The highest BCUT2D eigenvalue weighted by Gasteiger charge is 2.25. The van der Waals surface area contributed by atoms with Gasteiger partial charge in [-0.25, -0.2) is 9.59 Å². The Morgan fingerprint density at radius 1 is 1.40 bits per heavy atom. The first-order valence-electron chi connectivity index (χ1n) is 6.60. The maximum absolute atomic E-state index is 12.1. The Morgan fingerprint density at radius 3 is 2.90 bits per heavy atom. The van der Waals surface area contributed by atoms with Crippen molar-refractivity contribution < 1.29 is 19.8 Å². The first-order chi connectivity index (χ1) is 9.60. The number of amides is 2. The largest absolute Gasteiger partial charge is 0.478 e. The number of likely N-dealkylation sites (tertiary alicyclic amines) is 1. The van der Waals surface area contributed by atoms with Gasteiger partial charge in [0, 0.05) is 25.4 Å². The van der Waals surface area contributed by atoms with Crippen molar-refractivity contribution in [3.8, 4) is 0 Å². The van der Waals surface area contributed by atoms with E-state index in [2.05, 4.69) is 5.32 Å². The predicted molar refractivity (Wildman–Crippen MR) is 73.8 cm³/mol. The molecule has 1 aliphatic rings. The molecule has 1 saturated heterocycles. The first kappa shape index (κ1) is 14.3. The van der Waals surface area contributed by atoms with E-state index in [0.717, 1.165) is 6.42 Å². The Balaban J connectivity index is 1.95. The average molecular weight is 278 g/mol. The number of aliphatic hydroxyl groups excluding tert-OH is 1. The van der Waals surface area contributed by atoms with Crippen LogP contribution in [-0.2, 0) is 0 Å². The van der Waals surface area contributed by atoms with Crippen LogP contribution in [0, 0.1) is 5.92 Å². The highest BCUT2D eigenvalue weighted by Crippen LogP contribution is 2.20. The second-order valence-electron chi connectivity index (χ2n) is 4.93. The molecule has 6 heteroatoms. The maximum atomic E-state index is 12.1. The minimum atomic E-state index is -1.02. The van der Waals surface area contributed by atoms with Crippen LogP contribution >= 0.6 is 0 Å². The van der Waals surface area contributed by atoms with Crippen molar-refractivity contribution in [3.05, 3.63) is 29.8 Å². The van der Waals surface area contributed by atoms with Gasteiger partial charge in [0.25, 0.3) is 0 Å². The summed E-state index contributed by atoms with van der Waals surface area (Å²) in [6, 6.07) is 5.93. The number of nitrogens with zero attached hydrogens (tertiary/aromatic N) is 1. The molecule has 3 N–H and O–H groups in total. The minimum Gasteiger partial charge on any atom is -0.478 e. The Morgan fingerprint density at radius 2 is 2.20 bits per heavy atom. The van der Waals surface area contributed by atoms with Gasteiger partial charge in [-0.3, -0.25) is 0 Å². The van der Waals surface area contributed by atoms with E-state index in [1.54, 1.807) is 17.0 Å². The molecule has 0 bridgehead atoms. The lowest BCUT2D eigenvalue weighted by atomic mass is 10.1. The molecule has 1 atom stereocenters. The number of benzene rings is 1. The first-order valence-corrected chi connectivity index (χ1v) is 6.60. The van der Waals surface area contributed by atoms with Gasteiger partial charge in [-0.1, -0.05) is 6.07 Å². The molecule has 1 heterocycles. The number of aromatic carboxylic acids is 1. The Hall–Kier alpha value is -2.08. The number of aliphatic hydroxyl groups is 1. The molecule has 1 unspecified atom stereocenters. The molecule has 20 heavy (non-hydrogen) atoms. The summed E-state index contributed by atoms with van der Waals surface area (Å²) >= 11 is 0. The summed E-state index contributed by atoms with van der Waals surface area (Å²) in [4.78, 5) is 24.6. The number of carboxylic acids is 1. The van der Waals surface area contributed by atoms with Gasteiger partial charge in [0.15, 0.2) is 0 Å².